The van der Waals surface area contributed by atoms with Gasteiger partial charge < -0.3 is 4.74 Å². The van der Waals surface area contributed by atoms with Gasteiger partial charge in [0.2, 0.25) is 0 Å². The summed E-state index contributed by atoms with van der Waals surface area (Å²) in [5.74, 6) is 0.827. The first-order valence-corrected chi connectivity index (χ1v) is 11.4. The Bertz CT molecular complexity index is 761. The molecule has 0 aromatic carbocycles. The summed E-state index contributed by atoms with van der Waals surface area (Å²) in [6, 6.07) is 4.35. The monoisotopic (exact) mass is 388 g/mol. The molecule has 3 aromatic heterocycles. The Labute approximate surface area is 164 Å². The van der Waals surface area contributed by atoms with Gasteiger partial charge in [-0.15, -0.1) is 11.3 Å². The highest BCUT2D eigenvalue weighted by atomic mass is 32.1. The number of aromatic nitrogens is 2. The summed E-state index contributed by atoms with van der Waals surface area (Å²) >= 11 is 3.48. The first-order chi connectivity index (χ1) is 12.8. The number of rotatable bonds is 11. The van der Waals surface area contributed by atoms with Crippen LogP contribution >= 0.6 is 22.7 Å². The van der Waals surface area contributed by atoms with Crippen molar-refractivity contribution in [2.24, 2.45) is 0 Å². The van der Waals surface area contributed by atoms with Crippen LogP contribution in [0.15, 0.2) is 24.5 Å². The Balaban J connectivity index is 1.52. The van der Waals surface area contributed by atoms with Gasteiger partial charge in [-0.2, -0.15) is 0 Å². The van der Waals surface area contributed by atoms with Crippen molar-refractivity contribution >= 4 is 32.1 Å². The fraction of sp³-hybridized carbons (Fsp3) is 0.524. The Morgan fingerprint density at radius 1 is 0.846 bits per heavy atom. The molecule has 26 heavy (non-hydrogen) atoms. The molecule has 3 aromatic rings. The van der Waals surface area contributed by atoms with E-state index in [4.69, 9.17) is 4.74 Å². The molecule has 0 aliphatic heterocycles. The van der Waals surface area contributed by atoms with E-state index in [0.717, 1.165) is 41.6 Å². The minimum Gasteiger partial charge on any atom is -0.484 e. The van der Waals surface area contributed by atoms with E-state index in [1.807, 2.05) is 12.4 Å². The van der Waals surface area contributed by atoms with Crippen molar-refractivity contribution in [1.82, 2.24) is 9.97 Å². The fourth-order valence-corrected chi connectivity index (χ4v) is 5.16. The number of hydrogen-bond donors (Lipinski definition) is 0. The maximum absolute atomic E-state index is 5.94. The first-order valence-electron chi connectivity index (χ1n) is 9.77. The standard InChI is InChI=1S/C21H28N2OS2/c1-3-5-6-7-8-9-11-24-20-13-18-17(26-20)12-19(25-18)21-22-14-16(10-4-2)15-23-21/h12-15H,3-11H2,1-2H3. The molecule has 3 rings (SSSR count). The van der Waals surface area contributed by atoms with Crippen LogP contribution in [0.25, 0.3) is 20.1 Å². The number of thiophene rings is 2. The molecule has 0 N–H and O–H groups in total. The van der Waals surface area contributed by atoms with Crippen molar-refractivity contribution in [2.45, 2.75) is 65.2 Å². The van der Waals surface area contributed by atoms with Gasteiger partial charge in [0.15, 0.2) is 10.9 Å². The van der Waals surface area contributed by atoms with E-state index in [9.17, 15) is 0 Å². The predicted octanol–water partition coefficient (Wildman–Crippen LogP) is 7.11. The maximum atomic E-state index is 5.94. The van der Waals surface area contributed by atoms with Crippen molar-refractivity contribution in [3.63, 3.8) is 0 Å². The molecule has 0 bridgehead atoms. The summed E-state index contributed by atoms with van der Waals surface area (Å²) in [5, 5.41) is 1.03. The lowest BCUT2D eigenvalue weighted by Gasteiger charge is -2.03. The van der Waals surface area contributed by atoms with Crippen LogP contribution in [0, 0.1) is 0 Å². The molecule has 0 saturated heterocycles. The normalized spacial score (nSPS) is 11.3. The quantitative estimate of drug-likeness (QED) is 0.328. The van der Waals surface area contributed by atoms with Crippen LogP contribution in [0.2, 0.25) is 0 Å². The molecule has 0 aliphatic carbocycles. The van der Waals surface area contributed by atoms with Gasteiger partial charge in [0, 0.05) is 27.9 Å². The zero-order valence-corrected chi connectivity index (χ0v) is 17.4. The number of unbranched alkanes of at least 4 members (excludes halogenated alkanes) is 5. The van der Waals surface area contributed by atoms with Crippen molar-refractivity contribution in [3.05, 3.63) is 30.1 Å². The van der Waals surface area contributed by atoms with Crippen LogP contribution < -0.4 is 4.74 Å². The highest BCUT2D eigenvalue weighted by Gasteiger charge is 2.11. The summed E-state index contributed by atoms with van der Waals surface area (Å²) < 4.78 is 8.47. The highest BCUT2D eigenvalue weighted by Crippen LogP contribution is 2.40. The molecule has 3 heterocycles. The van der Waals surface area contributed by atoms with Gasteiger partial charge in [-0.3, -0.25) is 0 Å². The number of fused-ring (bicyclic) bond motifs is 1. The predicted molar refractivity (Wildman–Crippen MR) is 114 cm³/mol. The third kappa shape index (κ3) is 5.27. The molecule has 0 radical (unpaired) electrons. The summed E-state index contributed by atoms with van der Waals surface area (Å²) in [4.78, 5) is 10.2. The van der Waals surface area contributed by atoms with E-state index in [1.165, 1.54) is 47.1 Å². The second-order valence-corrected chi connectivity index (χ2v) is 8.82. The zero-order valence-electron chi connectivity index (χ0n) is 15.8. The third-order valence-electron chi connectivity index (χ3n) is 4.39. The van der Waals surface area contributed by atoms with Crippen LogP contribution in [-0.2, 0) is 6.42 Å². The second kappa shape index (κ2) is 10.0. The average Bonchev–Trinajstić information content (AvgIpc) is 3.20. The highest BCUT2D eigenvalue weighted by molar-refractivity contribution is 7.30. The summed E-state index contributed by atoms with van der Waals surface area (Å²) in [6.07, 6.45) is 13.8. The molecule has 3 nitrogen and oxygen atoms in total. The van der Waals surface area contributed by atoms with E-state index in [2.05, 4.69) is 35.9 Å². The SMILES string of the molecule is CCCCCCCCOc1cc2sc(-c3ncc(CCC)cn3)cc2s1. The smallest absolute Gasteiger partial charge is 0.175 e. The Morgan fingerprint density at radius 3 is 2.31 bits per heavy atom. The average molecular weight is 389 g/mol. The van der Waals surface area contributed by atoms with Gasteiger partial charge in [0.05, 0.1) is 11.5 Å². The minimum atomic E-state index is 0.827. The Hall–Kier alpha value is -1.46. The molecule has 5 heteroatoms. The van der Waals surface area contributed by atoms with Gasteiger partial charge >= 0.3 is 0 Å². The van der Waals surface area contributed by atoms with Gasteiger partial charge in [0.1, 0.15) is 0 Å². The van der Waals surface area contributed by atoms with Crippen LogP contribution in [-0.4, -0.2) is 16.6 Å². The molecular weight excluding hydrogens is 360 g/mol. The molecular formula is C21H28N2OS2. The molecule has 0 spiro atoms. The van der Waals surface area contributed by atoms with Crippen molar-refractivity contribution < 1.29 is 4.74 Å². The van der Waals surface area contributed by atoms with E-state index in [-0.39, 0.29) is 0 Å². The molecule has 0 fully saturated rings. The zero-order chi connectivity index (χ0) is 18.2. The first kappa shape index (κ1) is 19.3. The van der Waals surface area contributed by atoms with Gasteiger partial charge in [-0.25, -0.2) is 9.97 Å². The fourth-order valence-electron chi connectivity index (χ4n) is 2.95. The van der Waals surface area contributed by atoms with E-state index < -0.39 is 0 Å². The van der Waals surface area contributed by atoms with Crippen LogP contribution in [0.5, 0.6) is 5.06 Å². The van der Waals surface area contributed by atoms with Gasteiger partial charge in [0.25, 0.3) is 0 Å². The van der Waals surface area contributed by atoms with Crippen molar-refractivity contribution in [3.8, 4) is 15.8 Å². The molecule has 0 saturated carbocycles. The minimum absolute atomic E-state index is 0.827. The Morgan fingerprint density at radius 2 is 1.58 bits per heavy atom. The molecule has 0 atom stereocenters. The summed E-state index contributed by atoms with van der Waals surface area (Å²) in [7, 11) is 0. The number of ether oxygens (including phenoxy) is 1. The topological polar surface area (TPSA) is 35.0 Å². The second-order valence-electron chi connectivity index (χ2n) is 6.69. The van der Waals surface area contributed by atoms with Gasteiger partial charge in [-0.1, -0.05) is 63.7 Å². The molecule has 0 unspecified atom stereocenters. The number of nitrogens with zero attached hydrogens (tertiary/aromatic N) is 2. The van der Waals surface area contributed by atoms with E-state index in [1.54, 1.807) is 22.7 Å². The van der Waals surface area contributed by atoms with Crippen LogP contribution in [0.1, 0.15) is 64.4 Å². The number of aryl methyl sites for hydroxylation is 1. The maximum Gasteiger partial charge on any atom is 0.175 e. The van der Waals surface area contributed by atoms with Crippen molar-refractivity contribution in [2.75, 3.05) is 6.61 Å². The molecule has 0 amide bonds. The van der Waals surface area contributed by atoms with Crippen molar-refractivity contribution in [1.29, 1.82) is 0 Å². The summed E-state index contributed by atoms with van der Waals surface area (Å²) in [6.45, 7) is 5.26. The van der Waals surface area contributed by atoms with Gasteiger partial charge in [-0.05, 0) is 24.5 Å². The third-order valence-corrected chi connectivity index (χ3v) is 6.59. The molecule has 140 valence electrons. The van der Waals surface area contributed by atoms with Crippen LogP contribution in [0.4, 0.5) is 0 Å². The Kier molecular flexibility index (Phi) is 7.44. The summed E-state index contributed by atoms with van der Waals surface area (Å²) in [5.41, 5.74) is 1.21. The van der Waals surface area contributed by atoms with Crippen LogP contribution in [0.3, 0.4) is 0 Å². The number of hydrogen-bond acceptors (Lipinski definition) is 5. The lowest BCUT2D eigenvalue weighted by molar-refractivity contribution is 0.313. The lowest BCUT2D eigenvalue weighted by atomic mass is 10.1. The molecule has 0 aliphatic rings. The van der Waals surface area contributed by atoms with E-state index in [0.29, 0.717) is 0 Å². The lowest BCUT2D eigenvalue weighted by Crippen LogP contribution is -1.95. The van der Waals surface area contributed by atoms with E-state index >= 15 is 0 Å². The largest absolute Gasteiger partial charge is 0.484 e.